The molecule has 5 heterocycles. The number of rotatable bonds is 14. The average Bonchev–Trinajstić information content (AvgIpc) is 3.68. The number of nitrogens with zero attached hydrogens (tertiary/aromatic N) is 7. The SMILES string of the molecule is CCCCNc1nc(N)nc2ccn(Cc3ccc4c(CC(C)CCNc5nc(N)nc6ccn(Cc7ccccc7)c56)cccc4n3)c12. The number of nitrogens with one attached hydrogen (secondary N) is 2. The molecule has 2 aromatic carbocycles. The fourth-order valence-electron chi connectivity index (χ4n) is 6.54. The number of fused-ring (bicyclic) bond motifs is 3. The molecule has 5 aromatic heterocycles. The van der Waals surface area contributed by atoms with Crippen LogP contribution in [0.5, 0.6) is 0 Å². The van der Waals surface area contributed by atoms with E-state index in [0.29, 0.717) is 12.5 Å². The van der Waals surface area contributed by atoms with Crippen molar-refractivity contribution < 1.29 is 0 Å². The number of hydrogen-bond acceptors (Lipinski definition) is 9. The van der Waals surface area contributed by atoms with Crippen molar-refractivity contribution in [3.63, 3.8) is 0 Å². The van der Waals surface area contributed by atoms with E-state index in [1.54, 1.807) is 0 Å². The molecule has 7 aromatic rings. The Hall–Kier alpha value is -5.71. The smallest absolute Gasteiger partial charge is 0.222 e. The monoisotopic (exact) mass is 653 g/mol. The molecule has 0 aliphatic rings. The first kappa shape index (κ1) is 31.9. The normalized spacial score (nSPS) is 12.2. The molecule has 7 rings (SSSR count). The number of aromatic nitrogens is 7. The minimum Gasteiger partial charge on any atom is -0.368 e. The standard InChI is InChI=1S/C38H43N11/c1-3-4-18-41-35-34-32(45-37(39)46-35)17-21-49(34)24-28-13-14-29-27(11-8-12-30(29)43-28)22-25(2)15-19-42-36-33-31(44-38(40)47-36)16-20-48(33)23-26-9-6-5-7-10-26/h5-14,16-17,20-21,25H,3-4,15,18-19,22-24H2,1-2H3,(H3,39,41,45,46)(H3,40,42,44,47). The van der Waals surface area contributed by atoms with Crippen LogP contribution < -0.4 is 22.1 Å². The lowest BCUT2D eigenvalue weighted by atomic mass is 9.95. The Bertz CT molecular complexity index is 2200. The maximum absolute atomic E-state index is 6.09. The van der Waals surface area contributed by atoms with Gasteiger partial charge in [0.1, 0.15) is 11.0 Å². The number of unbranched alkanes of at least 4 members (excludes halogenated alkanes) is 1. The molecule has 0 fully saturated rings. The molecular formula is C38H43N11. The van der Waals surface area contributed by atoms with Crippen LogP contribution in [0, 0.1) is 5.92 Å². The molecule has 0 spiro atoms. The van der Waals surface area contributed by atoms with E-state index in [2.05, 4.69) is 108 Å². The number of benzene rings is 2. The number of pyridine rings is 1. The molecule has 0 bridgehead atoms. The lowest BCUT2D eigenvalue weighted by Gasteiger charge is -2.16. The maximum atomic E-state index is 6.09. The molecule has 250 valence electrons. The van der Waals surface area contributed by atoms with Crippen LogP contribution in [-0.4, -0.2) is 47.1 Å². The van der Waals surface area contributed by atoms with Gasteiger partial charge >= 0.3 is 0 Å². The van der Waals surface area contributed by atoms with Crippen molar-refractivity contribution in [1.82, 2.24) is 34.1 Å². The van der Waals surface area contributed by atoms with Crippen molar-refractivity contribution in [2.75, 3.05) is 35.2 Å². The molecular weight excluding hydrogens is 610 g/mol. The van der Waals surface area contributed by atoms with Crippen LogP contribution in [0.15, 0.2) is 85.2 Å². The largest absolute Gasteiger partial charge is 0.368 e. The van der Waals surface area contributed by atoms with Gasteiger partial charge < -0.3 is 31.2 Å². The van der Waals surface area contributed by atoms with E-state index in [0.717, 1.165) is 90.2 Å². The second-order valence-corrected chi connectivity index (χ2v) is 12.8. The van der Waals surface area contributed by atoms with Gasteiger partial charge in [0, 0.05) is 37.4 Å². The first-order valence-corrected chi connectivity index (χ1v) is 17.1. The summed E-state index contributed by atoms with van der Waals surface area (Å²) >= 11 is 0. The van der Waals surface area contributed by atoms with Gasteiger partial charge in [-0.15, -0.1) is 0 Å². The Labute approximate surface area is 285 Å². The number of anilines is 4. The van der Waals surface area contributed by atoms with E-state index in [-0.39, 0.29) is 11.9 Å². The minimum absolute atomic E-state index is 0.273. The summed E-state index contributed by atoms with van der Waals surface area (Å²) in [4.78, 5) is 23.1. The second-order valence-electron chi connectivity index (χ2n) is 12.8. The van der Waals surface area contributed by atoms with Crippen molar-refractivity contribution >= 4 is 56.5 Å². The van der Waals surface area contributed by atoms with Crippen LogP contribution in [0.1, 0.15) is 49.9 Å². The van der Waals surface area contributed by atoms with E-state index in [4.69, 9.17) is 16.5 Å². The summed E-state index contributed by atoms with van der Waals surface area (Å²) in [5, 5.41) is 8.21. The highest BCUT2D eigenvalue weighted by molar-refractivity contribution is 5.88. The Morgan fingerprint density at radius 2 is 1.35 bits per heavy atom. The molecule has 1 unspecified atom stereocenters. The lowest BCUT2D eigenvalue weighted by molar-refractivity contribution is 0.548. The van der Waals surface area contributed by atoms with Gasteiger partial charge in [-0.2, -0.15) is 9.97 Å². The summed E-state index contributed by atoms with van der Waals surface area (Å²) in [6.45, 7) is 7.42. The third-order valence-corrected chi connectivity index (χ3v) is 8.98. The molecule has 0 amide bonds. The zero-order valence-electron chi connectivity index (χ0n) is 28.1. The Morgan fingerprint density at radius 1 is 0.673 bits per heavy atom. The molecule has 0 radical (unpaired) electrons. The van der Waals surface area contributed by atoms with Crippen LogP contribution >= 0.6 is 0 Å². The predicted octanol–water partition coefficient (Wildman–Crippen LogP) is 6.88. The van der Waals surface area contributed by atoms with Crippen molar-refractivity contribution in [3.8, 4) is 0 Å². The van der Waals surface area contributed by atoms with Gasteiger partial charge in [-0.3, -0.25) is 4.98 Å². The highest BCUT2D eigenvalue weighted by atomic mass is 15.1. The Morgan fingerprint density at radius 3 is 2.04 bits per heavy atom. The van der Waals surface area contributed by atoms with Crippen LogP contribution in [0.25, 0.3) is 33.0 Å². The van der Waals surface area contributed by atoms with Crippen LogP contribution in [0.2, 0.25) is 0 Å². The van der Waals surface area contributed by atoms with Gasteiger partial charge in [0.15, 0.2) is 11.6 Å². The summed E-state index contributed by atoms with van der Waals surface area (Å²) < 4.78 is 4.33. The van der Waals surface area contributed by atoms with Gasteiger partial charge in [-0.1, -0.05) is 68.8 Å². The summed E-state index contributed by atoms with van der Waals surface area (Å²) in [6, 6.07) is 25.1. The Balaban J connectivity index is 1.03. The van der Waals surface area contributed by atoms with Crippen LogP contribution in [0.3, 0.4) is 0 Å². The quantitative estimate of drug-likeness (QED) is 0.0921. The van der Waals surface area contributed by atoms with Crippen LogP contribution in [0.4, 0.5) is 23.5 Å². The third kappa shape index (κ3) is 7.11. The van der Waals surface area contributed by atoms with Gasteiger partial charge in [0.2, 0.25) is 11.9 Å². The van der Waals surface area contributed by atoms with E-state index in [1.807, 2.05) is 30.6 Å². The molecule has 6 N–H and O–H groups in total. The highest BCUT2D eigenvalue weighted by Gasteiger charge is 2.15. The van der Waals surface area contributed by atoms with Crippen LogP contribution in [-0.2, 0) is 19.5 Å². The van der Waals surface area contributed by atoms with Gasteiger partial charge in [-0.05, 0) is 60.6 Å². The third-order valence-electron chi connectivity index (χ3n) is 8.98. The van der Waals surface area contributed by atoms with E-state index >= 15 is 0 Å². The minimum atomic E-state index is 0.273. The maximum Gasteiger partial charge on any atom is 0.222 e. The van der Waals surface area contributed by atoms with Gasteiger partial charge in [0.05, 0.1) is 28.8 Å². The molecule has 11 nitrogen and oxygen atoms in total. The van der Waals surface area contributed by atoms with E-state index in [1.165, 1.54) is 16.5 Å². The number of hydrogen-bond donors (Lipinski definition) is 4. The molecule has 0 aliphatic carbocycles. The molecule has 49 heavy (non-hydrogen) atoms. The second kappa shape index (κ2) is 14.2. The summed E-state index contributed by atoms with van der Waals surface area (Å²) in [5.74, 6) is 2.51. The van der Waals surface area contributed by atoms with Crippen molar-refractivity contribution in [2.24, 2.45) is 5.92 Å². The molecule has 11 heteroatoms. The summed E-state index contributed by atoms with van der Waals surface area (Å²) in [6.07, 6.45) is 8.15. The molecule has 1 atom stereocenters. The predicted molar refractivity (Wildman–Crippen MR) is 200 cm³/mol. The first-order valence-electron chi connectivity index (χ1n) is 17.1. The fraction of sp³-hybridized carbons (Fsp3) is 0.289. The molecule has 0 saturated carbocycles. The number of nitrogens with two attached hydrogens (primary N) is 2. The number of nitrogen functional groups attached to an aromatic ring is 2. The summed E-state index contributed by atoms with van der Waals surface area (Å²) in [7, 11) is 0. The molecule has 0 saturated heterocycles. The topological polar surface area (TPSA) is 150 Å². The van der Waals surface area contributed by atoms with Crippen molar-refractivity contribution in [3.05, 3.63) is 102 Å². The van der Waals surface area contributed by atoms with E-state index < -0.39 is 0 Å². The zero-order chi connectivity index (χ0) is 33.7. The average molecular weight is 654 g/mol. The fourth-order valence-corrected chi connectivity index (χ4v) is 6.54. The summed E-state index contributed by atoms with van der Waals surface area (Å²) in [5.41, 5.74) is 20.2. The van der Waals surface area contributed by atoms with Gasteiger partial charge in [0.25, 0.3) is 0 Å². The van der Waals surface area contributed by atoms with Crippen molar-refractivity contribution in [2.45, 2.75) is 52.6 Å². The zero-order valence-corrected chi connectivity index (χ0v) is 28.1. The molecule has 0 aliphatic heterocycles. The van der Waals surface area contributed by atoms with Gasteiger partial charge in [-0.25, -0.2) is 9.97 Å². The van der Waals surface area contributed by atoms with E-state index in [9.17, 15) is 0 Å². The van der Waals surface area contributed by atoms with Crippen molar-refractivity contribution in [1.29, 1.82) is 0 Å². The first-order chi connectivity index (χ1) is 23.9. The Kier molecular flexibility index (Phi) is 9.23. The lowest BCUT2D eigenvalue weighted by Crippen LogP contribution is -2.12. The highest BCUT2D eigenvalue weighted by Crippen LogP contribution is 2.27.